The zero-order chi connectivity index (χ0) is 18.4. The molecular weight excluding hydrogens is 386 g/mol. The van der Waals surface area contributed by atoms with Crippen molar-refractivity contribution in [3.63, 3.8) is 0 Å². The van der Waals surface area contributed by atoms with Crippen LogP contribution in [-0.4, -0.2) is 22.8 Å². The lowest BCUT2D eigenvalue weighted by Crippen LogP contribution is -2.35. The number of carbonyl (C=O) groups excluding carboxylic acids is 2. The average molecular weight is 406 g/mol. The Hall–Kier alpha value is -2.03. The molecule has 2 amide bonds. The number of hydrogen-bond donors (Lipinski definition) is 2. The number of carbonyl (C=O) groups is 2. The first kappa shape index (κ1) is 18.8. The molecule has 3 aromatic rings. The third-order valence-corrected chi connectivity index (χ3v) is 6.00. The summed E-state index contributed by atoms with van der Waals surface area (Å²) in [4.78, 5) is 29.5. The number of amides is 2. The Morgan fingerprint density at radius 3 is 2.73 bits per heavy atom. The van der Waals surface area contributed by atoms with E-state index in [1.165, 1.54) is 16.9 Å². The highest BCUT2D eigenvalue weighted by Crippen LogP contribution is 2.17. The van der Waals surface area contributed by atoms with Crippen LogP contribution in [0.4, 0.5) is 5.13 Å². The van der Waals surface area contributed by atoms with E-state index in [0.717, 1.165) is 11.3 Å². The van der Waals surface area contributed by atoms with E-state index in [9.17, 15) is 9.59 Å². The van der Waals surface area contributed by atoms with Crippen LogP contribution in [0, 0.1) is 0 Å². The first-order valence-electron chi connectivity index (χ1n) is 8.15. The average Bonchev–Trinajstić information content (AvgIpc) is 3.31. The zero-order valence-corrected chi connectivity index (χ0v) is 16.7. The topological polar surface area (TPSA) is 71.1 Å². The van der Waals surface area contributed by atoms with Crippen LogP contribution in [0.5, 0.6) is 0 Å². The second-order valence-corrected chi connectivity index (χ2v) is 8.60. The lowest BCUT2D eigenvalue weighted by atomic mass is 10.1. The Morgan fingerprint density at radius 1 is 1.12 bits per heavy atom. The van der Waals surface area contributed by atoms with Gasteiger partial charge in [-0.2, -0.15) is 11.3 Å². The molecule has 26 heavy (non-hydrogen) atoms. The van der Waals surface area contributed by atoms with E-state index >= 15 is 0 Å². The molecule has 3 aromatic heterocycles. The van der Waals surface area contributed by atoms with Crippen molar-refractivity contribution in [3.8, 4) is 0 Å². The molecule has 0 radical (unpaired) electrons. The number of nitrogens with one attached hydrogen (secondary N) is 2. The molecule has 0 aliphatic rings. The minimum Gasteiger partial charge on any atom is -0.353 e. The van der Waals surface area contributed by atoms with Gasteiger partial charge in [0.25, 0.3) is 0 Å². The molecule has 3 heterocycles. The van der Waals surface area contributed by atoms with Gasteiger partial charge in [0, 0.05) is 16.3 Å². The van der Waals surface area contributed by atoms with Gasteiger partial charge in [-0.05, 0) is 47.2 Å². The minimum atomic E-state index is -0.0952. The molecule has 0 aliphatic carbocycles. The van der Waals surface area contributed by atoms with Gasteiger partial charge in [0.15, 0.2) is 5.13 Å². The van der Waals surface area contributed by atoms with E-state index in [0.29, 0.717) is 17.2 Å². The van der Waals surface area contributed by atoms with Crippen molar-refractivity contribution >= 4 is 51.0 Å². The van der Waals surface area contributed by atoms with Crippen molar-refractivity contribution in [1.29, 1.82) is 0 Å². The highest BCUT2D eigenvalue weighted by molar-refractivity contribution is 7.14. The van der Waals surface area contributed by atoms with Crippen molar-refractivity contribution in [2.45, 2.75) is 32.2 Å². The van der Waals surface area contributed by atoms with Crippen LogP contribution < -0.4 is 10.6 Å². The molecule has 0 fully saturated rings. The maximum Gasteiger partial charge on any atom is 0.231 e. The Balaban J connectivity index is 1.45. The first-order valence-corrected chi connectivity index (χ1v) is 10.9. The van der Waals surface area contributed by atoms with E-state index in [2.05, 4.69) is 27.1 Å². The van der Waals surface area contributed by atoms with E-state index in [-0.39, 0.29) is 24.3 Å². The van der Waals surface area contributed by atoms with Gasteiger partial charge >= 0.3 is 0 Å². The summed E-state index contributed by atoms with van der Waals surface area (Å²) >= 11 is 4.55. The van der Waals surface area contributed by atoms with Gasteiger partial charge in [-0.3, -0.25) is 9.59 Å². The molecule has 0 aliphatic heterocycles. The zero-order valence-electron chi connectivity index (χ0n) is 14.2. The summed E-state index contributed by atoms with van der Waals surface area (Å²) < 4.78 is 0. The van der Waals surface area contributed by atoms with E-state index < -0.39 is 0 Å². The number of rotatable bonds is 8. The van der Waals surface area contributed by atoms with Gasteiger partial charge in [0.2, 0.25) is 11.8 Å². The molecule has 136 valence electrons. The Bertz CT molecular complexity index is 841. The summed E-state index contributed by atoms with van der Waals surface area (Å²) in [6.45, 7) is 1.99. The molecule has 3 rings (SSSR count). The molecule has 8 heteroatoms. The fourth-order valence-electron chi connectivity index (χ4n) is 2.48. The SMILES string of the molecule is CC(Cc1ccsc1)NC(=O)Cc1csc(NC(=O)Cc2cccs2)n1. The van der Waals surface area contributed by atoms with Crippen LogP contribution in [0.15, 0.2) is 39.7 Å². The van der Waals surface area contributed by atoms with E-state index in [4.69, 9.17) is 0 Å². The second-order valence-electron chi connectivity index (χ2n) is 5.93. The highest BCUT2D eigenvalue weighted by atomic mass is 32.1. The van der Waals surface area contributed by atoms with Crippen molar-refractivity contribution in [3.05, 3.63) is 55.9 Å². The first-order chi connectivity index (χ1) is 12.6. The van der Waals surface area contributed by atoms with Crippen molar-refractivity contribution < 1.29 is 9.59 Å². The molecule has 0 saturated heterocycles. The smallest absolute Gasteiger partial charge is 0.231 e. The van der Waals surface area contributed by atoms with Crippen molar-refractivity contribution in [2.75, 3.05) is 5.32 Å². The standard InChI is InChI=1S/C18H19N3O2S3/c1-12(7-13-4-6-24-10-13)19-16(22)8-14-11-26-18(20-14)21-17(23)9-15-3-2-5-25-15/h2-6,10-12H,7-9H2,1H3,(H,19,22)(H,20,21,23). The van der Waals surface area contributed by atoms with E-state index in [1.807, 2.05) is 35.2 Å². The number of aromatic nitrogens is 1. The summed E-state index contributed by atoms with van der Waals surface area (Å²) in [5.41, 5.74) is 1.90. The number of nitrogens with zero attached hydrogens (tertiary/aromatic N) is 1. The lowest BCUT2D eigenvalue weighted by molar-refractivity contribution is -0.121. The van der Waals surface area contributed by atoms with Gasteiger partial charge in [-0.15, -0.1) is 22.7 Å². The van der Waals surface area contributed by atoms with Crippen LogP contribution in [0.2, 0.25) is 0 Å². The third kappa shape index (κ3) is 5.76. The number of thiophene rings is 2. The molecule has 0 bridgehead atoms. The highest BCUT2D eigenvalue weighted by Gasteiger charge is 2.13. The number of anilines is 1. The Morgan fingerprint density at radius 2 is 2.00 bits per heavy atom. The molecule has 2 N–H and O–H groups in total. The fraction of sp³-hybridized carbons (Fsp3) is 0.278. The Kier molecular flexibility index (Phi) is 6.54. The molecule has 0 saturated carbocycles. The quantitative estimate of drug-likeness (QED) is 0.600. The monoisotopic (exact) mass is 405 g/mol. The van der Waals surface area contributed by atoms with Crippen LogP contribution in [-0.2, 0) is 28.9 Å². The van der Waals surface area contributed by atoms with Crippen molar-refractivity contribution in [1.82, 2.24) is 10.3 Å². The maximum absolute atomic E-state index is 12.2. The van der Waals surface area contributed by atoms with E-state index in [1.54, 1.807) is 22.7 Å². The van der Waals surface area contributed by atoms with Crippen LogP contribution in [0.1, 0.15) is 23.1 Å². The summed E-state index contributed by atoms with van der Waals surface area (Å²) in [6.07, 6.45) is 1.37. The van der Waals surface area contributed by atoms with Gasteiger partial charge < -0.3 is 10.6 Å². The normalized spacial score (nSPS) is 11.9. The summed E-state index contributed by atoms with van der Waals surface area (Å²) in [5, 5.41) is 14.2. The molecule has 5 nitrogen and oxygen atoms in total. The molecule has 0 spiro atoms. The molecule has 1 atom stereocenters. The molecule has 1 unspecified atom stereocenters. The maximum atomic E-state index is 12.2. The Labute approximate surface area is 164 Å². The fourth-order valence-corrected chi connectivity index (χ4v) is 4.60. The predicted molar refractivity (Wildman–Crippen MR) is 108 cm³/mol. The van der Waals surface area contributed by atoms with Crippen LogP contribution >= 0.6 is 34.0 Å². The van der Waals surface area contributed by atoms with Gasteiger partial charge in [0.1, 0.15) is 0 Å². The predicted octanol–water partition coefficient (Wildman–Crippen LogP) is 3.74. The number of hydrogen-bond acceptors (Lipinski definition) is 6. The number of thiazole rings is 1. The summed E-state index contributed by atoms with van der Waals surface area (Å²) in [6, 6.07) is 5.99. The van der Waals surface area contributed by atoms with Gasteiger partial charge in [0.05, 0.1) is 18.5 Å². The van der Waals surface area contributed by atoms with Gasteiger partial charge in [-0.1, -0.05) is 6.07 Å². The minimum absolute atomic E-state index is 0.0607. The van der Waals surface area contributed by atoms with Crippen LogP contribution in [0.25, 0.3) is 0 Å². The lowest BCUT2D eigenvalue weighted by Gasteiger charge is -2.12. The molecule has 0 aromatic carbocycles. The van der Waals surface area contributed by atoms with Crippen LogP contribution in [0.3, 0.4) is 0 Å². The second kappa shape index (κ2) is 9.07. The largest absolute Gasteiger partial charge is 0.353 e. The molecular formula is C18H19N3O2S3. The third-order valence-electron chi connectivity index (χ3n) is 3.58. The summed E-state index contributed by atoms with van der Waals surface area (Å²) in [7, 11) is 0. The summed E-state index contributed by atoms with van der Waals surface area (Å²) in [5.74, 6) is -0.156. The van der Waals surface area contributed by atoms with Crippen molar-refractivity contribution in [2.24, 2.45) is 0 Å². The van der Waals surface area contributed by atoms with Gasteiger partial charge in [-0.25, -0.2) is 4.98 Å².